The van der Waals surface area contributed by atoms with Gasteiger partial charge in [-0.15, -0.1) is 11.3 Å². The van der Waals surface area contributed by atoms with Crippen LogP contribution in [0.3, 0.4) is 0 Å². The van der Waals surface area contributed by atoms with Crippen LogP contribution in [-0.2, 0) is 6.42 Å². The molecule has 1 N–H and O–H groups in total. The molecule has 2 atom stereocenters. The van der Waals surface area contributed by atoms with Gasteiger partial charge in [0, 0.05) is 21.8 Å². The number of thiophene rings is 1. The standard InChI is InChI=1S/C16H20FNS/c1-11(9-16-8-7-12(2)19-16)18-13(3)14-5-4-6-15(17)10-14/h4-8,10-11,13,18H,9H2,1-3H3. The summed E-state index contributed by atoms with van der Waals surface area (Å²) in [5.74, 6) is -0.173. The zero-order valence-corrected chi connectivity index (χ0v) is 12.4. The van der Waals surface area contributed by atoms with Crippen LogP contribution in [0.5, 0.6) is 0 Å². The summed E-state index contributed by atoms with van der Waals surface area (Å²) in [5.41, 5.74) is 0.995. The number of hydrogen-bond acceptors (Lipinski definition) is 2. The van der Waals surface area contributed by atoms with Crippen LogP contribution in [0.2, 0.25) is 0 Å². The maximum atomic E-state index is 13.2. The fourth-order valence-electron chi connectivity index (χ4n) is 2.25. The SMILES string of the molecule is Cc1ccc(CC(C)NC(C)c2cccc(F)c2)s1. The first-order valence-corrected chi connectivity index (χ1v) is 7.43. The van der Waals surface area contributed by atoms with Gasteiger partial charge in [-0.1, -0.05) is 12.1 Å². The van der Waals surface area contributed by atoms with Crippen LogP contribution in [0.4, 0.5) is 4.39 Å². The van der Waals surface area contributed by atoms with Crippen LogP contribution in [-0.4, -0.2) is 6.04 Å². The van der Waals surface area contributed by atoms with E-state index in [9.17, 15) is 4.39 Å². The molecule has 0 amide bonds. The average molecular weight is 277 g/mol. The zero-order valence-electron chi connectivity index (χ0n) is 11.6. The van der Waals surface area contributed by atoms with Gasteiger partial charge in [-0.25, -0.2) is 4.39 Å². The van der Waals surface area contributed by atoms with Crippen molar-refractivity contribution in [1.82, 2.24) is 5.32 Å². The van der Waals surface area contributed by atoms with E-state index in [1.54, 1.807) is 12.1 Å². The van der Waals surface area contributed by atoms with Crippen molar-refractivity contribution >= 4 is 11.3 Å². The first kappa shape index (κ1) is 14.2. The lowest BCUT2D eigenvalue weighted by Gasteiger charge is -2.20. The Morgan fingerprint density at radius 2 is 2.00 bits per heavy atom. The highest BCUT2D eigenvalue weighted by molar-refractivity contribution is 7.11. The minimum absolute atomic E-state index is 0.159. The number of rotatable bonds is 5. The van der Waals surface area contributed by atoms with Crippen LogP contribution < -0.4 is 5.32 Å². The van der Waals surface area contributed by atoms with Crippen LogP contribution in [0.25, 0.3) is 0 Å². The second-order valence-electron chi connectivity index (χ2n) is 5.06. The molecule has 0 saturated heterocycles. The van der Waals surface area contributed by atoms with Gasteiger partial charge in [0.05, 0.1) is 0 Å². The lowest BCUT2D eigenvalue weighted by Crippen LogP contribution is -2.30. The lowest BCUT2D eigenvalue weighted by molar-refractivity contribution is 0.477. The molecule has 0 aliphatic carbocycles. The molecule has 2 rings (SSSR count). The third-order valence-corrected chi connectivity index (χ3v) is 4.21. The normalized spacial score (nSPS) is 14.3. The quantitative estimate of drug-likeness (QED) is 0.850. The van der Waals surface area contributed by atoms with Gasteiger partial charge in [-0.3, -0.25) is 0 Å². The Morgan fingerprint density at radius 1 is 1.21 bits per heavy atom. The lowest BCUT2D eigenvalue weighted by atomic mass is 10.1. The molecule has 102 valence electrons. The van der Waals surface area contributed by atoms with Gasteiger partial charge in [0.25, 0.3) is 0 Å². The van der Waals surface area contributed by atoms with Gasteiger partial charge in [0.2, 0.25) is 0 Å². The van der Waals surface area contributed by atoms with Crippen molar-refractivity contribution < 1.29 is 4.39 Å². The molecule has 0 aliphatic heterocycles. The van der Waals surface area contributed by atoms with Crippen molar-refractivity contribution in [1.29, 1.82) is 0 Å². The highest BCUT2D eigenvalue weighted by Gasteiger charge is 2.11. The van der Waals surface area contributed by atoms with Gasteiger partial charge in [-0.2, -0.15) is 0 Å². The minimum Gasteiger partial charge on any atom is -0.307 e. The molecule has 1 aromatic carbocycles. The van der Waals surface area contributed by atoms with Crippen LogP contribution in [0.15, 0.2) is 36.4 Å². The molecule has 0 bridgehead atoms. The number of aryl methyl sites for hydroxylation is 1. The van der Waals surface area contributed by atoms with E-state index in [0.717, 1.165) is 12.0 Å². The summed E-state index contributed by atoms with van der Waals surface area (Å²) in [7, 11) is 0. The van der Waals surface area contributed by atoms with Gasteiger partial charge in [0.1, 0.15) is 5.82 Å². The molecule has 0 saturated carbocycles. The molecule has 19 heavy (non-hydrogen) atoms. The third kappa shape index (κ3) is 4.15. The fraction of sp³-hybridized carbons (Fsp3) is 0.375. The van der Waals surface area contributed by atoms with Gasteiger partial charge < -0.3 is 5.32 Å². The monoisotopic (exact) mass is 277 g/mol. The molecule has 0 aliphatic rings. The van der Waals surface area contributed by atoms with Crippen molar-refractivity contribution in [2.45, 2.75) is 39.3 Å². The summed E-state index contributed by atoms with van der Waals surface area (Å²) in [6.45, 7) is 6.37. The third-order valence-electron chi connectivity index (χ3n) is 3.19. The largest absolute Gasteiger partial charge is 0.307 e. The number of benzene rings is 1. The van der Waals surface area contributed by atoms with E-state index in [1.165, 1.54) is 15.8 Å². The van der Waals surface area contributed by atoms with Gasteiger partial charge in [0.15, 0.2) is 0 Å². The Labute approximate surface area is 118 Å². The molecule has 1 nitrogen and oxygen atoms in total. The number of hydrogen-bond donors (Lipinski definition) is 1. The smallest absolute Gasteiger partial charge is 0.123 e. The predicted molar refractivity (Wildman–Crippen MR) is 80.2 cm³/mol. The molecule has 2 aromatic rings. The predicted octanol–water partition coefficient (Wildman–Crippen LogP) is 4.48. The van der Waals surface area contributed by atoms with E-state index in [2.05, 4.69) is 38.2 Å². The second kappa shape index (κ2) is 6.31. The molecule has 0 spiro atoms. The molecular weight excluding hydrogens is 257 g/mol. The Kier molecular flexibility index (Phi) is 4.72. The Hall–Kier alpha value is -1.19. The highest BCUT2D eigenvalue weighted by atomic mass is 32.1. The summed E-state index contributed by atoms with van der Waals surface area (Å²) >= 11 is 1.84. The maximum absolute atomic E-state index is 13.2. The van der Waals surface area contributed by atoms with E-state index in [4.69, 9.17) is 0 Å². The summed E-state index contributed by atoms with van der Waals surface area (Å²) in [6.07, 6.45) is 1.01. The molecule has 1 heterocycles. The zero-order chi connectivity index (χ0) is 13.8. The van der Waals surface area contributed by atoms with Crippen molar-refractivity contribution in [3.8, 4) is 0 Å². The van der Waals surface area contributed by atoms with Crippen LogP contribution in [0.1, 0.15) is 35.2 Å². The summed E-state index contributed by atoms with van der Waals surface area (Å²) in [4.78, 5) is 2.74. The van der Waals surface area contributed by atoms with Gasteiger partial charge >= 0.3 is 0 Å². The van der Waals surface area contributed by atoms with Crippen molar-refractivity contribution in [3.63, 3.8) is 0 Å². The van der Waals surface area contributed by atoms with Gasteiger partial charge in [-0.05, 0) is 57.0 Å². The first-order valence-electron chi connectivity index (χ1n) is 6.61. The molecule has 0 fully saturated rings. The van der Waals surface area contributed by atoms with E-state index in [1.807, 2.05) is 17.4 Å². The maximum Gasteiger partial charge on any atom is 0.123 e. The van der Waals surface area contributed by atoms with E-state index in [-0.39, 0.29) is 11.9 Å². The van der Waals surface area contributed by atoms with Crippen molar-refractivity contribution in [2.75, 3.05) is 0 Å². The minimum atomic E-state index is -0.173. The van der Waals surface area contributed by atoms with E-state index >= 15 is 0 Å². The summed E-state index contributed by atoms with van der Waals surface area (Å²) < 4.78 is 13.2. The molecule has 0 radical (unpaired) electrons. The van der Waals surface area contributed by atoms with E-state index < -0.39 is 0 Å². The van der Waals surface area contributed by atoms with E-state index in [0.29, 0.717) is 6.04 Å². The first-order chi connectivity index (χ1) is 9.04. The number of halogens is 1. The van der Waals surface area contributed by atoms with Crippen LogP contribution in [0, 0.1) is 12.7 Å². The number of nitrogens with one attached hydrogen (secondary N) is 1. The Bertz CT molecular complexity index is 535. The molecule has 3 heteroatoms. The fourth-order valence-corrected chi connectivity index (χ4v) is 3.27. The van der Waals surface area contributed by atoms with Crippen LogP contribution >= 0.6 is 11.3 Å². The summed E-state index contributed by atoms with van der Waals surface area (Å²) in [6, 6.07) is 11.7. The molecular formula is C16H20FNS. The Balaban J connectivity index is 1.93. The highest BCUT2D eigenvalue weighted by Crippen LogP contribution is 2.19. The molecule has 2 unspecified atom stereocenters. The Morgan fingerprint density at radius 3 is 2.63 bits per heavy atom. The van der Waals surface area contributed by atoms with Crippen molar-refractivity contribution in [2.24, 2.45) is 0 Å². The molecule has 1 aromatic heterocycles. The summed E-state index contributed by atoms with van der Waals surface area (Å²) in [5, 5.41) is 3.52. The average Bonchev–Trinajstić information content (AvgIpc) is 2.74. The topological polar surface area (TPSA) is 12.0 Å². The van der Waals surface area contributed by atoms with Crippen molar-refractivity contribution in [3.05, 3.63) is 57.5 Å². The second-order valence-corrected chi connectivity index (χ2v) is 6.43.